The number of nitrogens with two attached hydrogens (primary N) is 1. The molecule has 0 aromatic carbocycles. The van der Waals surface area contributed by atoms with Crippen LogP contribution in [-0.4, -0.2) is 9.97 Å². The van der Waals surface area contributed by atoms with Crippen molar-refractivity contribution >= 4 is 11.8 Å². The average Bonchev–Trinajstić information content (AvgIpc) is 2.29. The lowest BCUT2D eigenvalue weighted by Gasteiger charge is -2.04. The Morgan fingerprint density at radius 1 is 1.25 bits per heavy atom. The first kappa shape index (κ1) is 11.1. The molecule has 0 amide bonds. The van der Waals surface area contributed by atoms with Gasteiger partial charge in [0.15, 0.2) is 0 Å². The smallest absolute Gasteiger partial charge is 0.101 e. The van der Waals surface area contributed by atoms with Gasteiger partial charge in [-0.15, -0.1) is 0 Å². The second kappa shape index (κ2) is 5.09. The first-order chi connectivity index (χ1) is 7.78. The fraction of sp³-hybridized carbons (Fsp3) is 0.167. The van der Waals surface area contributed by atoms with Crippen LogP contribution in [0.5, 0.6) is 0 Å². The zero-order chi connectivity index (χ0) is 11.4. The number of aryl methyl sites for hydroxylation is 1. The minimum absolute atomic E-state index is 0.549. The van der Waals surface area contributed by atoms with E-state index in [1.807, 2.05) is 31.2 Å². The molecular formula is C12H13N3S. The molecule has 0 aliphatic heterocycles. The van der Waals surface area contributed by atoms with Crippen LogP contribution in [-0.2, 0) is 6.54 Å². The molecule has 0 saturated carbocycles. The molecule has 82 valence electrons. The Morgan fingerprint density at radius 3 is 2.69 bits per heavy atom. The van der Waals surface area contributed by atoms with Crippen LogP contribution in [0.2, 0.25) is 0 Å². The summed E-state index contributed by atoms with van der Waals surface area (Å²) in [5.41, 5.74) is 7.75. The van der Waals surface area contributed by atoms with Crippen LogP contribution < -0.4 is 5.73 Å². The highest BCUT2D eigenvalue weighted by Crippen LogP contribution is 2.26. The van der Waals surface area contributed by atoms with Crippen molar-refractivity contribution in [3.05, 3.63) is 47.9 Å². The molecule has 0 bridgehead atoms. The van der Waals surface area contributed by atoms with E-state index in [0.717, 1.165) is 21.2 Å². The molecular weight excluding hydrogens is 218 g/mol. The molecule has 0 aliphatic rings. The molecule has 0 fully saturated rings. The van der Waals surface area contributed by atoms with Gasteiger partial charge in [0.1, 0.15) is 5.03 Å². The molecule has 0 saturated heterocycles. The first-order valence-corrected chi connectivity index (χ1v) is 5.85. The lowest BCUT2D eigenvalue weighted by molar-refractivity contribution is 0.986. The fourth-order valence-corrected chi connectivity index (χ4v) is 2.30. The molecule has 2 rings (SSSR count). The maximum Gasteiger partial charge on any atom is 0.101 e. The Morgan fingerprint density at radius 2 is 2.00 bits per heavy atom. The largest absolute Gasteiger partial charge is 0.326 e. The Hall–Kier alpha value is -1.39. The molecule has 2 aromatic heterocycles. The number of pyridine rings is 2. The molecule has 0 radical (unpaired) electrons. The van der Waals surface area contributed by atoms with Crippen molar-refractivity contribution in [3.63, 3.8) is 0 Å². The molecule has 2 aromatic rings. The van der Waals surface area contributed by atoms with E-state index in [-0.39, 0.29) is 0 Å². The van der Waals surface area contributed by atoms with Gasteiger partial charge in [0.2, 0.25) is 0 Å². The summed E-state index contributed by atoms with van der Waals surface area (Å²) in [5.74, 6) is 0. The van der Waals surface area contributed by atoms with Crippen LogP contribution in [0, 0.1) is 6.92 Å². The second-order valence-corrected chi connectivity index (χ2v) is 4.54. The van der Waals surface area contributed by atoms with Crippen LogP contribution in [0.25, 0.3) is 0 Å². The van der Waals surface area contributed by atoms with Gasteiger partial charge in [-0.3, -0.25) is 4.98 Å². The van der Waals surface area contributed by atoms with Gasteiger partial charge in [-0.1, -0.05) is 11.8 Å². The summed E-state index contributed by atoms with van der Waals surface area (Å²) >= 11 is 1.62. The van der Waals surface area contributed by atoms with Crippen molar-refractivity contribution in [2.24, 2.45) is 5.73 Å². The Balaban J connectivity index is 2.24. The SMILES string of the molecule is Cc1cc(CN)cc(Sc2ccncc2)n1. The Labute approximate surface area is 99.1 Å². The van der Waals surface area contributed by atoms with Crippen molar-refractivity contribution < 1.29 is 0 Å². The maximum atomic E-state index is 5.63. The van der Waals surface area contributed by atoms with Gasteiger partial charge in [0.05, 0.1) is 0 Å². The van der Waals surface area contributed by atoms with E-state index in [2.05, 4.69) is 9.97 Å². The summed E-state index contributed by atoms with van der Waals surface area (Å²) < 4.78 is 0. The number of nitrogens with zero attached hydrogens (tertiary/aromatic N) is 2. The van der Waals surface area contributed by atoms with Crippen LogP contribution >= 0.6 is 11.8 Å². The van der Waals surface area contributed by atoms with Gasteiger partial charge < -0.3 is 5.73 Å². The number of hydrogen-bond donors (Lipinski definition) is 1. The maximum absolute atomic E-state index is 5.63. The summed E-state index contributed by atoms with van der Waals surface area (Å²) in [7, 11) is 0. The van der Waals surface area contributed by atoms with Crippen molar-refractivity contribution in [2.45, 2.75) is 23.4 Å². The third-order valence-electron chi connectivity index (χ3n) is 2.10. The molecule has 4 heteroatoms. The predicted molar refractivity (Wildman–Crippen MR) is 65.2 cm³/mol. The monoisotopic (exact) mass is 231 g/mol. The minimum Gasteiger partial charge on any atom is -0.326 e. The normalized spacial score (nSPS) is 10.4. The van der Waals surface area contributed by atoms with Gasteiger partial charge in [0.25, 0.3) is 0 Å². The van der Waals surface area contributed by atoms with Gasteiger partial charge in [0, 0.05) is 29.5 Å². The minimum atomic E-state index is 0.549. The summed E-state index contributed by atoms with van der Waals surface area (Å²) in [6, 6.07) is 7.97. The van der Waals surface area contributed by atoms with Crippen LogP contribution in [0.4, 0.5) is 0 Å². The quantitative estimate of drug-likeness (QED) is 0.881. The number of rotatable bonds is 3. The lowest BCUT2D eigenvalue weighted by Crippen LogP contribution is -1.98. The predicted octanol–water partition coefficient (Wildman–Crippen LogP) is 2.39. The van der Waals surface area contributed by atoms with Crippen LogP contribution in [0.3, 0.4) is 0 Å². The number of aromatic nitrogens is 2. The molecule has 2 heterocycles. The van der Waals surface area contributed by atoms with E-state index < -0.39 is 0 Å². The van der Waals surface area contributed by atoms with Gasteiger partial charge in [-0.2, -0.15) is 0 Å². The standard InChI is InChI=1S/C12H13N3S/c1-9-6-10(8-13)7-12(15-9)16-11-2-4-14-5-3-11/h2-7H,8,13H2,1H3. The zero-order valence-electron chi connectivity index (χ0n) is 9.05. The topological polar surface area (TPSA) is 51.8 Å². The summed E-state index contributed by atoms with van der Waals surface area (Å²) in [5, 5.41) is 0.978. The van der Waals surface area contributed by atoms with E-state index >= 15 is 0 Å². The average molecular weight is 231 g/mol. The fourth-order valence-electron chi connectivity index (χ4n) is 1.40. The van der Waals surface area contributed by atoms with Crippen molar-refractivity contribution in [3.8, 4) is 0 Å². The highest BCUT2D eigenvalue weighted by molar-refractivity contribution is 7.99. The molecule has 3 nitrogen and oxygen atoms in total. The van der Waals surface area contributed by atoms with Crippen molar-refractivity contribution in [1.82, 2.24) is 9.97 Å². The van der Waals surface area contributed by atoms with Gasteiger partial charge in [-0.05, 0) is 36.8 Å². The molecule has 16 heavy (non-hydrogen) atoms. The van der Waals surface area contributed by atoms with Crippen molar-refractivity contribution in [2.75, 3.05) is 0 Å². The third kappa shape index (κ3) is 2.81. The van der Waals surface area contributed by atoms with E-state index in [1.54, 1.807) is 24.2 Å². The van der Waals surface area contributed by atoms with Crippen LogP contribution in [0.15, 0.2) is 46.6 Å². The third-order valence-corrected chi connectivity index (χ3v) is 3.02. The zero-order valence-corrected chi connectivity index (χ0v) is 9.87. The van der Waals surface area contributed by atoms with E-state index in [4.69, 9.17) is 5.73 Å². The Bertz CT molecular complexity index is 471. The van der Waals surface area contributed by atoms with E-state index in [1.165, 1.54) is 0 Å². The molecule has 0 spiro atoms. The molecule has 2 N–H and O–H groups in total. The summed E-state index contributed by atoms with van der Waals surface area (Å²) in [4.78, 5) is 9.58. The molecule has 0 atom stereocenters. The number of hydrogen-bond acceptors (Lipinski definition) is 4. The molecule has 0 unspecified atom stereocenters. The van der Waals surface area contributed by atoms with Gasteiger partial charge in [-0.25, -0.2) is 4.98 Å². The second-order valence-electron chi connectivity index (χ2n) is 3.44. The van der Waals surface area contributed by atoms with Gasteiger partial charge >= 0.3 is 0 Å². The lowest BCUT2D eigenvalue weighted by atomic mass is 10.2. The summed E-state index contributed by atoms with van der Waals surface area (Å²) in [6.45, 7) is 2.53. The highest BCUT2D eigenvalue weighted by Gasteiger charge is 2.01. The van der Waals surface area contributed by atoms with Crippen molar-refractivity contribution in [1.29, 1.82) is 0 Å². The molecule has 0 aliphatic carbocycles. The Kier molecular flexibility index (Phi) is 3.54. The van der Waals surface area contributed by atoms with Crippen LogP contribution in [0.1, 0.15) is 11.3 Å². The highest BCUT2D eigenvalue weighted by atomic mass is 32.2. The first-order valence-electron chi connectivity index (χ1n) is 5.03. The van der Waals surface area contributed by atoms with E-state index in [9.17, 15) is 0 Å². The summed E-state index contributed by atoms with van der Waals surface area (Å²) in [6.07, 6.45) is 3.56. The van der Waals surface area contributed by atoms with E-state index in [0.29, 0.717) is 6.54 Å².